The van der Waals surface area contributed by atoms with E-state index in [2.05, 4.69) is 5.32 Å². The highest BCUT2D eigenvalue weighted by atomic mass is 16.6. The Morgan fingerprint density at radius 3 is 2.52 bits per heavy atom. The highest BCUT2D eigenvalue weighted by Gasteiger charge is 2.16. The van der Waals surface area contributed by atoms with Gasteiger partial charge < -0.3 is 9.84 Å². The number of rotatable bonds is 5. The summed E-state index contributed by atoms with van der Waals surface area (Å²) in [6, 6.07) is 14.5. The van der Waals surface area contributed by atoms with Crippen LogP contribution >= 0.6 is 0 Å². The van der Waals surface area contributed by atoms with E-state index in [-0.39, 0.29) is 6.10 Å². The molecule has 0 fully saturated rings. The third kappa shape index (κ3) is 4.73. The van der Waals surface area contributed by atoms with Gasteiger partial charge in [-0.2, -0.15) is 0 Å². The number of anilines is 2. The summed E-state index contributed by atoms with van der Waals surface area (Å²) in [5, 5.41) is 12.1. The van der Waals surface area contributed by atoms with Crippen LogP contribution in [-0.2, 0) is 4.74 Å². The van der Waals surface area contributed by atoms with E-state index in [9.17, 15) is 14.7 Å². The van der Waals surface area contributed by atoms with Crippen LogP contribution in [0, 0.1) is 0 Å². The lowest BCUT2D eigenvalue weighted by atomic mass is 10.0. The molecule has 0 radical (unpaired) electrons. The average molecular weight is 342 g/mol. The molecule has 2 aromatic rings. The number of benzene rings is 2. The number of nitrogens with one attached hydrogen (secondary N) is 1. The molecule has 2 amide bonds. The molecule has 0 unspecified atom stereocenters. The van der Waals surface area contributed by atoms with Crippen LogP contribution in [0.25, 0.3) is 11.1 Å². The molecule has 0 saturated heterocycles. The summed E-state index contributed by atoms with van der Waals surface area (Å²) in [4.78, 5) is 24.5. The van der Waals surface area contributed by atoms with Gasteiger partial charge in [-0.15, -0.1) is 0 Å². The minimum Gasteiger partial charge on any atom is -0.465 e. The fourth-order valence-corrected chi connectivity index (χ4v) is 2.49. The van der Waals surface area contributed by atoms with Crippen LogP contribution in [-0.4, -0.2) is 29.9 Å². The first-order valence-electron chi connectivity index (χ1n) is 8.10. The summed E-state index contributed by atoms with van der Waals surface area (Å²) in [5.74, 6) is 0. The first kappa shape index (κ1) is 18.3. The number of para-hydroxylation sites is 1. The molecule has 0 spiro atoms. The Bertz CT molecular complexity index is 759. The average Bonchev–Trinajstić information content (AvgIpc) is 2.55. The van der Waals surface area contributed by atoms with Crippen LogP contribution < -0.4 is 10.2 Å². The molecule has 2 N–H and O–H groups in total. The van der Waals surface area contributed by atoms with E-state index in [1.54, 1.807) is 51.1 Å². The van der Waals surface area contributed by atoms with Crippen molar-refractivity contribution in [3.8, 4) is 11.1 Å². The van der Waals surface area contributed by atoms with Gasteiger partial charge >= 0.3 is 12.2 Å². The molecule has 6 heteroatoms. The number of ether oxygens (including phenoxy) is 1. The number of nitrogens with zero attached hydrogens (tertiary/aromatic N) is 1. The molecule has 2 rings (SSSR count). The number of amides is 2. The molecule has 0 aromatic heterocycles. The molecule has 0 heterocycles. The van der Waals surface area contributed by atoms with Crippen molar-refractivity contribution >= 4 is 23.6 Å². The number of carboxylic acid groups (broad SMARTS) is 1. The molecule has 0 saturated carbocycles. The molecule has 0 aliphatic heterocycles. The van der Waals surface area contributed by atoms with Gasteiger partial charge in [-0.1, -0.05) is 30.3 Å². The van der Waals surface area contributed by atoms with Crippen LogP contribution in [0.3, 0.4) is 0 Å². The van der Waals surface area contributed by atoms with Gasteiger partial charge in [-0.05, 0) is 44.5 Å². The zero-order valence-corrected chi connectivity index (χ0v) is 14.5. The molecule has 0 aliphatic rings. The molecule has 2 aromatic carbocycles. The number of hydrogen-bond donors (Lipinski definition) is 2. The van der Waals surface area contributed by atoms with Crippen LogP contribution in [0.4, 0.5) is 21.0 Å². The van der Waals surface area contributed by atoms with Crippen LogP contribution in [0.5, 0.6) is 0 Å². The van der Waals surface area contributed by atoms with Gasteiger partial charge in [0.15, 0.2) is 0 Å². The van der Waals surface area contributed by atoms with Gasteiger partial charge in [0, 0.05) is 17.8 Å². The fraction of sp³-hybridized carbons (Fsp3) is 0.263. The minimum absolute atomic E-state index is 0.211. The van der Waals surface area contributed by atoms with E-state index in [1.807, 2.05) is 18.2 Å². The van der Waals surface area contributed by atoms with E-state index < -0.39 is 12.2 Å². The van der Waals surface area contributed by atoms with Gasteiger partial charge in [-0.3, -0.25) is 10.2 Å². The van der Waals surface area contributed by atoms with Crippen LogP contribution in [0.15, 0.2) is 48.5 Å². The predicted molar refractivity (Wildman–Crippen MR) is 98.2 cm³/mol. The Balaban J connectivity index is 2.35. The van der Waals surface area contributed by atoms with Crippen molar-refractivity contribution < 1.29 is 19.4 Å². The Kier molecular flexibility index (Phi) is 6.00. The maximum atomic E-state index is 11.8. The van der Waals surface area contributed by atoms with Crippen molar-refractivity contribution in [3.05, 3.63) is 48.5 Å². The second kappa shape index (κ2) is 8.19. The summed E-state index contributed by atoms with van der Waals surface area (Å²) in [7, 11) is 0. The summed E-state index contributed by atoms with van der Waals surface area (Å²) >= 11 is 0. The van der Waals surface area contributed by atoms with Crippen molar-refractivity contribution in [2.45, 2.75) is 26.9 Å². The third-order valence-electron chi connectivity index (χ3n) is 3.50. The molecule has 6 nitrogen and oxygen atoms in total. The first-order valence-corrected chi connectivity index (χ1v) is 8.10. The largest absolute Gasteiger partial charge is 0.465 e. The Morgan fingerprint density at radius 2 is 1.88 bits per heavy atom. The van der Waals surface area contributed by atoms with Crippen molar-refractivity contribution in [1.82, 2.24) is 0 Å². The Morgan fingerprint density at radius 1 is 1.16 bits per heavy atom. The van der Waals surface area contributed by atoms with Gasteiger partial charge in [-0.25, -0.2) is 9.59 Å². The van der Waals surface area contributed by atoms with Crippen molar-refractivity contribution in [2.24, 2.45) is 0 Å². The zero-order chi connectivity index (χ0) is 18.4. The summed E-state index contributed by atoms with van der Waals surface area (Å²) in [6.07, 6.45) is -1.75. The topological polar surface area (TPSA) is 78.9 Å². The van der Waals surface area contributed by atoms with Crippen molar-refractivity contribution in [1.29, 1.82) is 0 Å². The summed E-state index contributed by atoms with van der Waals surface area (Å²) in [5.41, 5.74) is 2.75. The fourth-order valence-electron chi connectivity index (χ4n) is 2.49. The quantitative estimate of drug-likeness (QED) is 0.817. The van der Waals surface area contributed by atoms with Crippen molar-refractivity contribution in [3.63, 3.8) is 0 Å². The zero-order valence-electron chi connectivity index (χ0n) is 14.5. The van der Waals surface area contributed by atoms with E-state index in [0.29, 0.717) is 17.9 Å². The second-order valence-corrected chi connectivity index (χ2v) is 5.70. The first-order chi connectivity index (χ1) is 11.9. The van der Waals surface area contributed by atoms with Crippen LogP contribution in [0.1, 0.15) is 20.8 Å². The number of carbonyl (C=O) groups is 2. The summed E-state index contributed by atoms with van der Waals surface area (Å²) in [6.45, 7) is 5.67. The Labute approximate surface area is 147 Å². The van der Waals surface area contributed by atoms with Gasteiger partial charge in [0.2, 0.25) is 0 Å². The van der Waals surface area contributed by atoms with E-state index in [0.717, 1.165) is 11.1 Å². The molecular weight excluding hydrogens is 320 g/mol. The molecule has 0 aliphatic carbocycles. The van der Waals surface area contributed by atoms with Crippen LogP contribution in [0.2, 0.25) is 0 Å². The lowest BCUT2D eigenvalue weighted by molar-refractivity contribution is 0.130. The number of hydrogen-bond acceptors (Lipinski definition) is 3. The van der Waals surface area contributed by atoms with E-state index in [1.165, 1.54) is 4.90 Å². The highest BCUT2D eigenvalue weighted by molar-refractivity contribution is 5.93. The van der Waals surface area contributed by atoms with Crippen molar-refractivity contribution in [2.75, 3.05) is 16.8 Å². The lowest BCUT2D eigenvalue weighted by Gasteiger charge is -2.21. The number of carbonyl (C=O) groups excluding carboxylic acids is 1. The predicted octanol–water partition coefficient (Wildman–Crippen LogP) is 4.81. The standard InChI is InChI=1S/C19H22N2O4/c1-4-21(19(23)24)17-11-6-5-10-16(17)14-8-7-9-15(12-14)20-18(22)25-13(2)3/h5-13H,4H2,1-3H3,(H,20,22)(H,23,24). The SMILES string of the molecule is CCN(C(=O)O)c1ccccc1-c1cccc(NC(=O)OC(C)C)c1. The minimum atomic E-state index is -1.01. The molecule has 0 atom stereocenters. The van der Waals surface area contributed by atoms with Gasteiger partial charge in [0.25, 0.3) is 0 Å². The normalized spacial score (nSPS) is 10.4. The lowest BCUT2D eigenvalue weighted by Crippen LogP contribution is -2.29. The van der Waals surface area contributed by atoms with Gasteiger partial charge in [0.1, 0.15) is 0 Å². The molecule has 0 bridgehead atoms. The maximum absolute atomic E-state index is 11.8. The highest BCUT2D eigenvalue weighted by Crippen LogP contribution is 2.32. The third-order valence-corrected chi connectivity index (χ3v) is 3.50. The van der Waals surface area contributed by atoms with E-state index in [4.69, 9.17) is 4.74 Å². The molecule has 132 valence electrons. The monoisotopic (exact) mass is 342 g/mol. The van der Waals surface area contributed by atoms with Gasteiger partial charge in [0.05, 0.1) is 11.8 Å². The molecular formula is C19H22N2O4. The molecule has 25 heavy (non-hydrogen) atoms. The smallest absolute Gasteiger partial charge is 0.411 e. The Hall–Kier alpha value is -3.02. The van der Waals surface area contributed by atoms with E-state index >= 15 is 0 Å². The second-order valence-electron chi connectivity index (χ2n) is 5.70. The summed E-state index contributed by atoms with van der Waals surface area (Å²) < 4.78 is 5.07. The maximum Gasteiger partial charge on any atom is 0.411 e.